The molecule has 0 saturated heterocycles. The van der Waals surface area contributed by atoms with Crippen LogP contribution in [0.2, 0.25) is 0 Å². The van der Waals surface area contributed by atoms with E-state index in [1.807, 2.05) is 6.92 Å². The van der Waals surface area contributed by atoms with Crippen molar-refractivity contribution < 1.29 is 5.11 Å². The molecule has 0 heterocycles. The Morgan fingerprint density at radius 3 is 2.50 bits per heavy atom. The molecule has 1 aliphatic rings. The Labute approximate surface area is 88.1 Å². The fourth-order valence-corrected chi connectivity index (χ4v) is 2.26. The van der Waals surface area contributed by atoms with Crippen molar-refractivity contribution in [2.75, 3.05) is 6.54 Å². The van der Waals surface area contributed by atoms with E-state index in [0.717, 1.165) is 12.5 Å². The summed E-state index contributed by atoms with van der Waals surface area (Å²) >= 11 is 0. The zero-order valence-corrected chi connectivity index (χ0v) is 9.63. The minimum Gasteiger partial charge on any atom is -0.392 e. The standard InChI is InChI=1S/C12H25NO/c1-10(13-9-11(2)14)7-8-12-5-3-4-6-12/h10-14H,3-9H2,1-2H3/t10?,11-/m1/s1. The van der Waals surface area contributed by atoms with Gasteiger partial charge in [0.25, 0.3) is 0 Å². The molecule has 0 aromatic rings. The van der Waals surface area contributed by atoms with E-state index < -0.39 is 0 Å². The van der Waals surface area contributed by atoms with Gasteiger partial charge in [-0.05, 0) is 32.6 Å². The number of aliphatic hydroxyl groups excluding tert-OH is 1. The van der Waals surface area contributed by atoms with Crippen LogP contribution in [0, 0.1) is 5.92 Å². The van der Waals surface area contributed by atoms with Crippen molar-refractivity contribution in [1.29, 1.82) is 0 Å². The van der Waals surface area contributed by atoms with E-state index in [0.29, 0.717) is 6.04 Å². The summed E-state index contributed by atoms with van der Waals surface area (Å²) in [7, 11) is 0. The van der Waals surface area contributed by atoms with Gasteiger partial charge in [0.2, 0.25) is 0 Å². The van der Waals surface area contributed by atoms with Crippen molar-refractivity contribution in [1.82, 2.24) is 5.32 Å². The maximum Gasteiger partial charge on any atom is 0.0636 e. The summed E-state index contributed by atoms with van der Waals surface area (Å²) in [5.74, 6) is 0.991. The number of rotatable bonds is 6. The molecule has 2 atom stereocenters. The summed E-state index contributed by atoms with van der Waals surface area (Å²) in [6.07, 6.45) is 8.20. The summed E-state index contributed by atoms with van der Waals surface area (Å²) in [5.41, 5.74) is 0. The van der Waals surface area contributed by atoms with Crippen LogP contribution < -0.4 is 5.32 Å². The predicted molar refractivity (Wildman–Crippen MR) is 60.3 cm³/mol. The second-order valence-corrected chi connectivity index (χ2v) is 4.89. The molecule has 0 aromatic heterocycles. The fourth-order valence-electron chi connectivity index (χ4n) is 2.26. The van der Waals surface area contributed by atoms with Gasteiger partial charge in [0.05, 0.1) is 6.10 Å². The highest BCUT2D eigenvalue weighted by Crippen LogP contribution is 2.28. The molecule has 0 aliphatic heterocycles. The third-order valence-corrected chi connectivity index (χ3v) is 3.24. The average molecular weight is 199 g/mol. The molecule has 14 heavy (non-hydrogen) atoms. The molecule has 1 fully saturated rings. The Kier molecular flexibility index (Phi) is 5.49. The average Bonchev–Trinajstić information content (AvgIpc) is 2.63. The first kappa shape index (κ1) is 12.0. The van der Waals surface area contributed by atoms with E-state index in [2.05, 4.69) is 12.2 Å². The molecule has 1 aliphatic carbocycles. The molecule has 2 nitrogen and oxygen atoms in total. The third kappa shape index (κ3) is 4.97. The highest BCUT2D eigenvalue weighted by molar-refractivity contribution is 4.70. The minimum absolute atomic E-state index is 0.219. The highest BCUT2D eigenvalue weighted by Gasteiger charge is 2.15. The summed E-state index contributed by atoms with van der Waals surface area (Å²) in [5, 5.41) is 12.5. The van der Waals surface area contributed by atoms with Gasteiger partial charge in [0.1, 0.15) is 0 Å². The van der Waals surface area contributed by atoms with Crippen molar-refractivity contribution in [2.45, 2.75) is 64.5 Å². The Morgan fingerprint density at radius 1 is 1.29 bits per heavy atom. The maximum atomic E-state index is 9.12. The molecule has 84 valence electrons. The van der Waals surface area contributed by atoms with E-state index in [1.54, 1.807) is 0 Å². The molecule has 0 aromatic carbocycles. The van der Waals surface area contributed by atoms with Gasteiger partial charge in [-0.3, -0.25) is 0 Å². The van der Waals surface area contributed by atoms with Gasteiger partial charge in [-0.25, -0.2) is 0 Å². The van der Waals surface area contributed by atoms with Crippen LogP contribution in [0.3, 0.4) is 0 Å². The second-order valence-electron chi connectivity index (χ2n) is 4.89. The summed E-state index contributed by atoms with van der Waals surface area (Å²) in [6.45, 7) is 4.78. The fraction of sp³-hybridized carbons (Fsp3) is 1.00. The van der Waals surface area contributed by atoms with Crippen LogP contribution in [0.4, 0.5) is 0 Å². The largest absolute Gasteiger partial charge is 0.392 e. The number of nitrogens with one attached hydrogen (secondary N) is 1. The lowest BCUT2D eigenvalue weighted by Gasteiger charge is -2.17. The van der Waals surface area contributed by atoms with Crippen LogP contribution in [-0.4, -0.2) is 23.8 Å². The monoisotopic (exact) mass is 199 g/mol. The Morgan fingerprint density at radius 2 is 1.93 bits per heavy atom. The van der Waals surface area contributed by atoms with E-state index in [1.165, 1.54) is 38.5 Å². The third-order valence-electron chi connectivity index (χ3n) is 3.24. The molecule has 0 amide bonds. The molecule has 1 rings (SSSR count). The summed E-state index contributed by atoms with van der Waals surface area (Å²) < 4.78 is 0. The molecule has 0 spiro atoms. The number of hydrogen-bond acceptors (Lipinski definition) is 2. The van der Waals surface area contributed by atoms with E-state index >= 15 is 0 Å². The normalized spacial score (nSPS) is 22.5. The SMILES string of the molecule is CC(CCC1CCCC1)NC[C@@H](C)O. The lowest BCUT2D eigenvalue weighted by atomic mass is 9.99. The highest BCUT2D eigenvalue weighted by atomic mass is 16.3. The number of aliphatic hydroxyl groups is 1. The molecular formula is C12H25NO. The van der Waals surface area contributed by atoms with Gasteiger partial charge >= 0.3 is 0 Å². The van der Waals surface area contributed by atoms with E-state index in [-0.39, 0.29) is 6.10 Å². The zero-order valence-electron chi connectivity index (χ0n) is 9.63. The van der Waals surface area contributed by atoms with Crippen molar-refractivity contribution in [2.24, 2.45) is 5.92 Å². The van der Waals surface area contributed by atoms with Crippen molar-refractivity contribution in [3.8, 4) is 0 Å². The minimum atomic E-state index is -0.219. The first-order chi connectivity index (χ1) is 6.68. The predicted octanol–water partition coefficient (Wildman–Crippen LogP) is 2.32. The smallest absolute Gasteiger partial charge is 0.0636 e. The van der Waals surface area contributed by atoms with Crippen molar-refractivity contribution in [3.63, 3.8) is 0 Å². The van der Waals surface area contributed by atoms with Crippen molar-refractivity contribution >= 4 is 0 Å². The molecular weight excluding hydrogens is 174 g/mol. The first-order valence-corrected chi connectivity index (χ1v) is 6.10. The van der Waals surface area contributed by atoms with Crippen molar-refractivity contribution in [3.05, 3.63) is 0 Å². The second kappa shape index (κ2) is 6.41. The van der Waals surface area contributed by atoms with Gasteiger partial charge < -0.3 is 10.4 Å². The lowest BCUT2D eigenvalue weighted by molar-refractivity contribution is 0.185. The molecule has 0 radical (unpaired) electrons. The Bertz CT molecular complexity index is 141. The van der Waals surface area contributed by atoms with Gasteiger partial charge in [-0.2, -0.15) is 0 Å². The Hall–Kier alpha value is -0.0800. The topological polar surface area (TPSA) is 32.3 Å². The quantitative estimate of drug-likeness (QED) is 0.688. The number of hydrogen-bond donors (Lipinski definition) is 2. The maximum absolute atomic E-state index is 9.12. The van der Waals surface area contributed by atoms with Gasteiger partial charge in [-0.15, -0.1) is 0 Å². The van der Waals surface area contributed by atoms with Gasteiger partial charge in [-0.1, -0.05) is 25.7 Å². The molecule has 2 N–H and O–H groups in total. The first-order valence-electron chi connectivity index (χ1n) is 6.10. The van der Waals surface area contributed by atoms with E-state index in [9.17, 15) is 0 Å². The van der Waals surface area contributed by atoms with Crippen LogP contribution in [-0.2, 0) is 0 Å². The zero-order chi connectivity index (χ0) is 10.4. The van der Waals surface area contributed by atoms with E-state index in [4.69, 9.17) is 5.11 Å². The van der Waals surface area contributed by atoms with Crippen LogP contribution in [0.5, 0.6) is 0 Å². The van der Waals surface area contributed by atoms with Crippen LogP contribution in [0.1, 0.15) is 52.4 Å². The Balaban J connectivity index is 1.99. The molecule has 0 bridgehead atoms. The summed E-state index contributed by atoms with van der Waals surface area (Å²) in [6, 6.07) is 0.560. The van der Waals surface area contributed by atoms with Crippen LogP contribution in [0.25, 0.3) is 0 Å². The van der Waals surface area contributed by atoms with Gasteiger partial charge in [0, 0.05) is 12.6 Å². The van der Waals surface area contributed by atoms with Crippen LogP contribution >= 0.6 is 0 Å². The van der Waals surface area contributed by atoms with Crippen LogP contribution in [0.15, 0.2) is 0 Å². The lowest BCUT2D eigenvalue weighted by Crippen LogP contribution is -2.32. The molecule has 2 heteroatoms. The molecule has 1 saturated carbocycles. The molecule has 1 unspecified atom stereocenters. The van der Waals surface area contributed by atoms with Gasteiger partial charge in [0.15, 0.2) is 0 Å². The summed E-state index contributed by atoms with van der Waals surface area (Å²) in [4.78, 5) is 0.